The number of aromatic nitrogens is 3. The minimum absolute atomic E-state index is 0.428. The molecule has 0 spiro atoms. The Bertz CT molecular complexity index is 1180. The second-order valence-corrected chi connectivity index (χ2v) is 8.56. The molecule has 0 fully saturated rings. The van der Waals surface area contributed by atoms with Crippen LogP contribution in [0.25, 0.3) is 16.8 Å². The summed E-state index contributed by atoms with van der Waals surface area (Å²) in [5, 5.41) is 9.28. The summed E-state index contributed by atoms with van der Waals surface area (Å²) in [6.07, 6.45) is 3.44. The number of allylic oxidation sites excluding steroid dienone is 2. The normalized spacial score (nSPS) is 14.6. The molecule has 0 amide bonds. The fourth-order valence-corrected chi connectivity index (χ4v) is 3.59. The Hall–Kier alpha value is -3.18. The van der Waals surface area contributed by atoms with E-state index in [0.29, 0.717) is 16.4 Å². The van der Waals surface area contributed by atoms with Crippen LogP contribution in [0.5, 0.6) is 0 Å². The molecular weight excluding hydrogens is 398 g/mol. The zero-order valence-corrected chi connectivity index (χ0v) is 18.1. The summed E-state index contributed by atoms with van der Waals surface area (Å²) < 4.78 is 7.48. The largest absolute Gasteiger partial charge is 0.457 e. The monoisotopic (exact) mass is 419 g/mol. The van der Waals surface area contributed by atoms with Gasteiger partial charge in [-0.25, -0.2) is 4.79 Å². The number of nitrogens with zero attached hydrogens (tertiary/aromatic N) is 3. The van der Waals surface area contributed by atoms with Gasteiger partial charge in [-0.15, -0.1) is 10.2 Å². The molecule has 30 heavy (non-hydrogen) atoms. The van der Waals surface area contributed by atoms with Gasteiger partial charge >= 0.3 is 5.97 Å². The molecule has 4 rings (SSSR count). The number of hydrogen-bond acceptors (Lipinski definition) is 4. The first-order valence-electron chi connectivity index (χ1n) is 9.67. The van der Waals surface area contributed by atoms with Crippen molar-refractivity contribution in [3.8, 4) is 5.69 Å². The number of carbonyl (C=O) groups excluding carboxylic acids is 1. The summed E-state index contributed by atoms with van der Waals surface area (Å²) in [5.41, 5.74) is 3.94. The van der Waals surface area contributed by atoms with E-state index in [1.807, 2.05) is 80.8 Å². The molecule has 0 saturated carbocycles. The van der Waals surface area contributed by atoms with Gasteiger partial charge in [-0.2, -0.15) is 0 Å². The molecule has 0 N–H and O–H groups in total. The summed E-state index contributed by atoms with van der Waals surface area (Å²) in [4.78, 5) is 12.6. The molecule has 0 atom stereocenters. The summed E-state index contributed by atoms with van der Waals surface area (Å²) in [6, 6.07) is 15.7. The molecule has 6 heteroatoms. The molecule has 1 aliphatic heterocycles. The van der Waals surface area contributed by atoms with Crippen molar-refractivity contribution in [1.82, 2.24) is 14.8 Å². The first kappa shape index (κ1) is 20.1. The van der Waals surface area contributed by atoms with Crippen molar-refractivity contribution in [3.63, 3.8) is 0 Å². The zero-order chi connectivity index (χ0) is 21.5. The Labute approximate surface area is 180 Å². The highest BCUT2D eigenvalue weighted by molar-refractivity contribution is 6.30. The average molecular weight is 420 g/mol. The predicted octanol–water partition coefficient (Wildman–Crippen LogP) is 5.40. The third-order valence-electron chi connectivity index (χ3n) is 4.65. The average Bonchev–Trinajstić information content (AvgIpc) is 2.99. The highest BCUT2D eigenvalue weighted by Crippen LogP contribution is 2.36. The lowest BCUT2D eigenvalue weighted by atomic mass is 9.95. The van der Waals surface area contributed by atoms with E-state index >= 15 is 0 Å². The molecule has 2 heterocycles. The van der Waals surface area contributed by atoms with Crippen LogP contribution in [0, 0.1) is 6.92 Å². The first-order chi connectivity index (χ1) is 14.2. The van der Waals surface area contributed by atoms with Crippen LogP contribution in [0.15, 0.2) is 60.7 Å². The molecule has 1 aromatic heterocycles. The molecule has 0 aliphatic carbocycles. The van der Waals surface area contributed by atoms with Gasteiger partial charge in [0, 0.05) is 22.2 Å². The van der Waals surface area contributed by atoms with Crippen molar-refractivity contribution in [2.45, 2.75) is 33.3 Å². The van der Waals surface area contributed by atoms with E-state index in [1.54, 1.807) is 0 Å². The van der Waals surface area contributed by atoms with E-state index in [2.05, 4.69) is 16.3 Å². The number of benzene rings is 2. The maximum atomic E-state index is 12.6. The van der Waals surface area contributed by atoms with Crippen LogP contribution >= 0.6 is 11.6 Å². The Balaban J connectivity index is 1.96. The van der Waals surface area contributed by atoms with E-state index in [0.717, 1.165) is 28.2 Å². The van der Waals surface area contributed by atoms with E-state index in [9.17, 15) is 4.79 Å². The number of ether oxygens (including phenoxy) is 1. The van der Waals surface area contributed by atoms with Crippen LogP contribution in [0.1, 0.15) is 43.5 Å². The number of carbonyl (C=O) groups is 1. The van der Waals surface area contributed by atoms with Gasteiger partial charge in [0.1, 0.15) is 11.4 Å². The number of rotatable bonds is 2. The van der Waals surface area contributed by atoms with E-state index in [4.69, 9.17) is 16.3 Å². The summed E-state index contributed by atoms with van der Waals surface area (Å²) >= 11 is 6.10. The summed E-state index contributed by atoms with van der Waals surface area (Å²) in [5.74, 6) is 0.899. The van der Waals surface area contributed by atoms with Gasteiger partial charge in [0.15, 0.2) is 5.82 Å². The quantitative estimate of drug-likeness (QED) is 0.412. The molecule has 5 nitrogen and oxygen atoms in total. The smallest absolute Gasteiger partial charge is 0.332 e. The van der Waals surface area contributed by atoms with Crippen LogP contribution in [0.2, 0.25) is 5.02 Å². The standard InChI is InChI=1S/C24H22ClN3O2/c1-15-26-27-23-17(14-22(29)30-24(2,3)4)13-20(16-9-11-18(25)12-10-16)19-7-5-6-8-21(19)28(15)23/h5-14H,1-4H3/b17-14-. The van der Waals surface area contributed by atoms with Gasteiger partial charge in [-0.1, -0.05) is 41.9 Å². The van der Waals surface area contributed by atoms with Crippen molar-refractivity contribution in [2.75, 3.05) is 0 Å². The topological polar surface area (TPSA) is 57.0 Å². The lowest BCUT2D eigenvalue weighted by molar-refractivity contribution is -0.148. The van der Waals surface area contributed by atoms with Crippen LogP contribution in [-0.2, 0) is 9.53 Å². The first-order valence-corrected chi connectivity index (χ1v) is 10.1. The van der Waals surface area contributed by atoms with Crippen molar-refractivity contribution in [1.29, 1.82) is 0 Å². The maximum Gasteiger partial charge on any atom is 0.332 e. The van der Waals surface area contributed by atoms with Crippen molar-refractivity contribution in [2.24, 2.45) is 0 Å². The lowest BCUT2D eigenvalue weighted by Gasteiger charge is -2.18. The molecule has 2 aromatic carbocycles. The minimum Gasteiger partial charge on any atom is -0.457 e. The van der Waals surface area contributed by atoms with Gasteiger partial charge in [-0.05, 0) is 63.1 Å². The summed E-state index contributed by atoms with van der Waals surface area (Å²) in [6.45, 7) is 7.42. The fourth-order valence-electron chi connectivity index (χ4n) is 3.46. The van der Waals surface area contributed by atoms with Crippen LogP contribution in [0.4, 0.5) is 0 Å². The Morgan fingerprint density at radius 3 is 2.47 bits per heavy atom. The Morgan fingerprint density at radius 1 is 1.07 bits per heavy atom. The van der Waals surface area contributed by atoms with Crippen molar-refractivity contribution in [3.05, 3.63) is 88.5 Å². The maximum absolute atomic E-state index is 12.6. The number of hydrogen-bond donors (Lipinski definition) is 0. The van der Waals surface area contributed by atoms with Crippen LogP contribution in [0.3, 0.4) is 0 Å². The van der Waals surface area contributed by atoms with Gasteiger partial charge in [-0.3, -0.25) is 4.57 Å². The fraction of sp³-hybridized carbons (Fsp3) is 0.208. The van der Waals surface area contributed by atoms with Crippen LogP contribution < -0.4 is 0 Å². The molecular formula is C24H22ClN3O2. The molecule has 0 unspecified atom stereocenters. The number of halogens is 1. The van der Waals surface area contributed by atoms with E-state index < -0.39 is 11.6 Å². The third kappa shape index (κ3) is 3.94. The van der Waals surface area contributed by atoms with Gasteiger partial charge < -0.3 is 4.74 Å². The number of esters is 1. The Morgan fingerprint density at radius 2 is 1.77 bits per heavy atom. The van der Waals surface area contributed by atoms with Crippen LogP contribution in [-0.4, -0.2) is 26.3 Å². The number of para-hydroxylation sites is 1. The highest BCUT2D eigenvalue weighted by Gasteiger charge is 2.24. The molecule has 0 radical (unpaired) electrons. The molecule has 152 valence electrons. The molecule has 1 aliphatic rings. The molecule has 0 bridgehead atoms. The zero-order valence-electron chi connectivity index (χ0n) is 17.3. The van der Waals surface area contributed by atoms with Gasteiger partial charge in [0.05, 0.1) is 5.69 Å². The van der Waals surface area contributed by atoms with E-state index in [1.165, 1.54) is 6.08 Å². The van der Waals surface area contributed by atoms with Crippen molar-refractivity contribution < 1.29 is 9.53 Å². The van der Waals surface area contributed by atoms with E-state index in [-0.39, 0.29) is 0 Å². The second kappa shape index (κ2) is 7.58. The summed E-state index contributed by atoms with van der Waals surface area (Å²) in [7, 11) is 0. The number of fused-ring (bicyclic) bond motifs is 3. The Kier molecular flexibility index (Phi) is 5.08. The number of aryl methyl sites for hydroxylation is 1. The van der Waals surface area contributed by atoms with Gasteiger partial charge in [0.2, 0.25) is 0 Å². The third-order valence-corrected chi connectivity index (χ3v) is 4.91. The lowest BCUT2D eigenvalue weighted by Crippen LogP contribution is -2.22. The second-order valence-electron chi connectivity index (χ2n) is 8.12. The molecule has 0 saturated heterocycles. The van der Waals surface area contributed by atoms with Gasteiger partial charge in [0.25, 0.3) is 0 Å². The SMILES string of the molecule is Cc1nnc2n1-c1ccccc1C(c1ccc(Cl)cc1)=C/C2=C/C(=O)OC(C)(C)C. The molecule has 3 aromatic rings. The predicted molar refractivity (Wildman–Crippen MR) is 118 cm³/mol. The highest BCUT2D eigenvalue weighted by atomic mass is 35.5. The van der Waals surface area contributed by atoms with Crippen molar-refractivity contribution >= 4 is 28.7 Å². The minimum atomic E-state index is -0.589.